The molecule has 19 heavy (non-hydrogen) atoms. The summed E-state index contributed by atoms with van der Waals surface area (Å²) in [5, 5.41) is 2.85. The zero-order chi connectivity index (χ0) is 14.2. The van der Waals surface area contributed by atoms with E-state index in [0.29, 0.717) is 22.5 Å². The summed E-state index contributed by atoms with van der Waals surface area (Å²) in [4.78, 5) is 12.0. The van der Waals surface area contributed by atoms with E-state index in [-0.39, 0.29) is 11.2 Å². The van der Waals surface area contributed by atoms with Crippen LogP contribution in [-0.2, 0) is 6.42 Å². The van der Waals surface area contributed by atoms with Gasteiger partial charge in [-0.15, -0.1) is 0 Å². The van der Waals surface area contributed by atoms with Crippen LogP contribution in [0.4, 0.5) is 8.78 Å². The maximum atomic E-state index is 13.7. The zero-order valence-corrected chi connectivity index (χ0v) is 12.1. The summed E-state index contributed by atoms with van der Waals surface area (Å²) in [5.41, 5.74) is 0.312. The van der Waals surface area contributed by atoms with Gasteiger partial charge >= 0.3 is 0 Å². The van der Waals surface area contributed by atoms with Crippen molar-refractivity contribution in [2.24, 2.45) is 5.92 Å². The van der Waals surface area contributed by atoms with Crippen LogP contribution in [0.3, 0.4) is 0 Å². The van der Waals surface area contributed by atoms with Gasteiger partial charge in [-0.3, -0.25) is 9.89 Å². The molecule has 2 rings (SSSR count). The van der Waals surface area contributed by atoms with Crippen molar-refractivity contribution in [1.29, 1.82) is 0 Å². The number of aromatic nitrogens is 2. The molecule has 102 valence electrons. The second-order valence-corrected chi connectivity index (χ2v) is 5.53. The minimum Gasteiger partial charge on any atom is -0.294 e. The molecule has 0 saturated carbocycles. The average molecular weight is 331 g/mol. The molecule has 1 N–H and O–H groups in total. The summed E-state index contributed by atoms with van der Waals surface area (Å²) in [6, 6.07) is 3.09. The Kier molecular flexibility index (Phi) is 3.89. The normalized spacial score (nSPS) is 11.3. The molecule has 0 bridgehead atoms. The maximum Gasteiger partial charge on any atom is 0.285 e. The van der Waals surface area contributed by atoms with Gasteiger partial charge in [0, 0.05) is 6.07 Å². The van der Waals surface area contributed by atoms with Crippen LogP contribution in [0.5, 0.6) is 0 Å². The van der Waals surface area contributed by atoms with E-state index < -0.39 is 11.6 Å². The summed E-state index contributed by atoms with van der Waals surface area (Å²) < 4.78 is 28.0. The molecule has 0 aliphatic rings. The second-order valence-electron chi connectivity index (χ2n) is 4.74. The van der Waals surface area contributed by atoms with E-state index in [0.717, 1.165) is 16.8 Å². The van der Waals surface area contributed by atoms with Gasteiger partial charge in [0.25, 0.3) is 5.56 Å². The predicted octanol–water partition coefficient (Wildman–Crippen LogP) is 3.40. The smallest absolute Gasteiger partial charge is 0.285 e. The Morgan fingerprint density at radius 2 is 2.05 bits per heavy atom. The summed E-state index contributed by atoms with van der Waals surface area (Å²) in [7, 11) is 0. The molecular formula is C13H13BrF2N2O. The molecule has 0 aliphatic heterocycles. The Labute approximate surface area is 117 Å². The molecule has 0 amide bonds. The van der Waals surface area contributed by atoms with Gasteiger partial charge < -0.3 is 0 Å². The van der Waals surface area contributed by atoms with E-state index in [2.05, 4.69) is 21.0 Å². The molecule has 0 atom stereocenters. The molecule has 0 radical (unpaired) electrons. The summed E-state index contributed by atoms with van der Waals surface area (Å²) in [5.74, 6) is -1.12. The van der Waals surface area contributed by atoms with Crippen LogP contribution in [0.2, 0.25) is 0 Å². The number of hydrogen-bond acceptors (Lipinski definition) is 1. The zero-order valence-electron chi connectivity index (χ0n) is 10.5. The van der Waals surface area contributed by atoms with Gasteiger partial charge in [-0.2, -0.15) is 0 Å². The molecule has 1 heterocycles. The third-order valence-corrected chi connectivity index (χ3v) is 3.48. The van der Waals surface area contributed by atoms with E-state index in [1.165, 1.54) is 6.07 Å². The van der Waals surface area contributed by atoms with Crippen molar-refractivity contribution in [1.82, 2.24) is 9.78 Å². The highest BCUT2D eigenvalue weighted by Gasteiger charge is 2.16. The van der Waals surface area contributed by atoms with Gasteiger partial charge in [0.05, 0.1) is 5.69 Å². The number of nitrogens with zero attached hydrogens (tertiary/aromatic N) is 1. The molecule has 0 fully saturated rings. The first-order valence-electron chi connectivity index (χ1n) is 5.85. The quantitative estimate of drug-likeness (QED) is 0.920. The van der Waals surface area contributed by atoms with Crippen molar-refractivity contribution in [3.63, 3.8) is 0 Å². The number of rotatable bonds is 3. The van der Waals surface area contributed by atoms with E-state index in [1.54, 1.807) is 0 Å². The van der Waals surface area contributed by atoms with Crippen LogP contribution in [0.15, 0.2) is 27.5 Å². The van der Waals surface area contributed by atoms with Crippen LogP contribution < -0.4 is 5.56 Å². The van der Waals surface area contributed by atoms with Crippen LogP contribution in [-0.4, -0.2) is 9.78 Å². The highest BCUT2D eigenvalue weighted by atomic mass is 79.9. The van der Waals surface area contributed by atoms with Crippen molar-refractivity contribution in [2.45, 2.75) is 20.3 Å². The first kappa shape index (κ1) is 14.0. The molecule has 3 nitrogen and oxygen atoms in total. The first-order chi connectivity index (χ1) is 8.90. The molecule has 0 unspecified atom stereocenters. The third kappa shape index (κ3) is 2.78. The standard InChI is InChI=1S/C13H13BrF2N2O/c1-7(2)5-10-12(14)13(19)18(17-10)11-4-3-8(15)6-9(11)16/h3-4,6-7,17H,5H2,1-2H3. The molecule has 0 saturated heterocycles. The lowest BCUT2D eigenvalue weighted by molar-refractivity contribution is 0.570. The Hall–Kier alpha value is -1.43. The number of halogens is 3. The Bertz CT molecular complexity index is 661. The second kappa shape index (κ2) is 5.28. The highest BCUT2D eigenvalue weighted by molar-refractivity contribution is 9.10. The summed E-state index contributed by atoms with van der Waals surface area (Å²) in [6.07, 6.45) is 0.658. The Morgan fingerprint density at radius 1 is 1.37 bits per heavy atom. The number of nitrogens with one attached hydrogen (secondary N) is 1. The molecule has 2 aromatic rings. The van der Waals surface area contributed by atoms with Crippen molar-refractivity contribution in [2.75, 3.05) is 0 Å². The predicted molar refractivity (Wildman–Crippen MR) is 72.5 cm³/mol. The van der Waals surface area contributed by atoms with Crippen molar-refractivity contribution in [3.8, 4) is 5.69 Å². The van der Waals surface area contributed by atoms with Crippen LogP contribution >= 0.6 is 15.9 Å². The lowest BCUT2D eigenvalue weighted by Gasteiger charge is -2.04. The number of hydrogen-bond donors (Lipinski definition) is 1. The maximum absolute atomic E-state index is 13.7. The largest absolute Gasteiger partial charge is 0.294 e. The fourth-order valence-electron chi connectivity index (χ4n) is 1.84. The van der Waals surface area contributed by atoms with Gasteiger partial charge in [0.2, 0.25) is 0 Å². The van der Waals surface area contributed by atoms with E-state index in [1.807, 2.05) is 13.8 Å². The van der Waals surface area contributed by atoms with Gasteiger partial charge in [-0.25, -0.2) is 13.5 Å². The molecular weight excluding hydrogens is 318 g/mol. The summed E-state index contributed by atoms with van der Waals surface area (Å²) in [6.45, 7) is 4.03. The van der Waals surface area contributed by atoms with Crippen molar-refractivity contribution >= 4 is 15.9 Å². The average Bonchev–Trinajstić information content (AvgIpc) is 2.57. The fourth-order valence-corrected chi connectivity index (χ4v) is 2.27. The van der Waals surface area contributed by atoms with Crippen LogP contribution in [0.25, 0.3) is 5.69 Å². The number of aromatic amines is 1. The van der Waals surface area contributed by atoms with E-state index >= 15 is 0 Å². The fraction of sp³-hybridized carbons (Fsp3) is 0.308. The van der Waals surface area contributed by atoms with Gasteiger partial charge in [0.1, 0.15) is 16.0 Å². The van der Waals surface area contributed by atoms with E-state index in [9.17, 15) is 13.6 Å². The lowest BCUT2D eigenvalue weighted by atomic mass is 10.1. The van der Waals surface area contributed by atoms with Crippen molar-refractivity contribution < 1.29 is 8.78 Å². The lowest BCUT2D eigenvalue weighted by Crippen LogP contribution is -2.16. The topological polar surface area (TPSA) is 37.8 Å². The summed E-state index contributed by atoms with van der Waals surface area (Å²) >= 11 is 3.20. The molecule has 1 aromatic carbocycles. The molecule has 0 spiro atoms. The molecule has 0 aliphatic carbocycles. The number of H-pyrrole nitrogens is 1. The SMILES string of the molecule is CC(C)Cc1[nH]n(-c2ccc(F)cc2F)c(=O)c1Br. The molecule has 6 heteroatoms. The van der Waals surface area contributed by atoms with Gasteiger partial charge in [0.15, 0.2) is 5.82 Å². The van der Waals surface area contributed by atoms with Crippen LogP contribution in [0, 0.1) is 17.6 Å². The Morgan fingerprint density at radius 3 is 2.63 bits per heavy atom. The Balaban J connectivity index is 2.54. The van der Waals surface area contributed by atoms with E-state index in [4.69, 9.17) is 0 Å². The van der Waals surface area contributed by atoms with Gasteiger partial charge in [-0.05, 0) is 40.4 Å². The minimum absolute atomic E-state index is 0.00195. The monoisotopic (exact) mass is 330 g/mol. The minimum atomic E-state index is -0.785. The van der Waals surface area contributed by atoms with Crippen LogP contribution in [0.1, 0.15) is 19.5 Å². The molecule has 1 aromatic heterocycles. The first-order valence-corrected chi connectivity index (χ1v) is 6.64. The number of benzene rings is 1. The van der Waals surface area contributed by atoms with Gasteiger partial charge in [-0.1, -0.05) is 13.8 Å². The third-order valence-electron chi connectivity index (χ3n) is 2.67. The van der Waals surface area contributed by atoms with Crippen molar-refractivity contribution in [3.05, 3.63) is 50.4 Å². The highest BCUT2D eigenvalue weighted by Crippen LogP contribution is 2.18.